The minimum Gasteiger partial charge on any atom is -0.350 e. The van der Waals surface area contributed by atoms with Crippen LogP contribution in [0.2, 0.25) is 0 Å². The number of non-ortho nitro benzene ring substituents is 1. The van der Waals surface area contributed by atoms with Crippen LogP contribution in [-0.4, -0.2) is 33.6 Å². The number of amides is 2. The first-order chi connectivity index (χ1) is 17.3. The maximum atomic E-state index is 13.8. The summed E-state index contributed by atoms with van der Waals surface area (Å²) >= 11 is 1.28. The van der Waals surface area contributed by atoms with E-state index in [0.29, 0.717) is 24.7 Å². The summed E-state index contributed by atoms with van der Waals surface area (Å²) in [4.78, 5) is 35.8. The summed E-state index contributed by atoms with van der Waals surface area (Å²) in [6, 6.07) is 15.9. The van der Waals surface area contributed by atoms with Crippen molar-refractivity contribution in [2.24, 2.45) is 0 Å². The van der Waals surface area contributed by atoms with E-state index in [1.165, 1.54) is 42.1 Å². The van der Waals surface area contributed by atoms with Crippen molar-refractivity contribution in [1.82, 2.24) is 9.88 Å². The molecule has 0 unspecified atom stereocenters. The van der Waals surface area contributed by atoms with Crippen LogP contribution in [0.25, 0.3) is 10.9 Å². The molecule has 0 atom stereocenters. The van der Waals surface area contributed by atoms with Gasteiger partial charge < -0.3 is 15.2 Å². The number of aromatic nitrogens is 1. The smallest absolute Gasteiger partial charge is 0.269 e. The Bertz CT molecular complexity index is 1440. The highest BCUT2D eigenvalue weighted by Crippen LogP contribution is 2.30. The molecule has 0 aliphatic rings. The zero-order chi connectivity index (χ0) is 25.7. The van der Waals surface area contributed by atoms with Crippen molar-refractivity contribution in [1.29, 1.82) is 0 Å². The molecule has 0 spiro atoms. The van der Waals surface area contributed by atoms with E-state index in [1.807, 2.05) is 35.0 Å². The summed E-state index contributed by atoms with van der Waals surface area (Å²) in [5.74, 6) is -2.34. The number of carbonyl (C=O) groups excluding carboxylic acids is 2. The van der Waals surface area contributed by atoms with E-state index in [0.717, 1.165) is 21.9 Å². The molecule has 0 radical (unpaired) electrons. The number of benzene rings is 3. The zero-order valence-electron chi connectivity index (χ0n) is 18.7. The molecule has 4 aromatic rings. The van der Waals surface area contributed by atoms with Crippen LogP contribution in [0.3, 0.4) is 0 Å². The number of nitrogens with zero attached hydrogens (tertiary/aromatic N) is 2. The molecule has 0 bridgehead atoms. The van der Waals surface area contributed by atoms with Gasteiger partial charge in [0.15, 0.2) is 0 Å². The monoisotopic (exact) mass is 510 g/mol. The number of anilines is 1. The summed E-state index contributed by atoms with van der Waals surface area (Å²) in [6.07, 6.45) is 1.87. The van der Waals surface area contributed by atoms with Crippen molar-refractivity contribution in [2.75, 3.05) is 17.6 Å². The van der Waals surface area contributed by atoms with Gasteiger partial charge in [0.2, 0.25) is 5.91 Å². The number of fused-ring (bicyclic) bond motifs is 1. The third kappa shape index (κ3) is 5.87. The lowest BCUT2D eigenvalue weighted by molar-refractivity contribution is -0.384. The molecule has 4 rings (SSSR count). The SMILES string of the molecule is O=C(CSc1cn(CCNC(=O)c2ccc([N+](=O)[O-])cc2)c2ccccc12)Nc1ccc(F)cc1F. The van der Waals surface area contributed by atoms with Gasteiger partial charge >= 0.3 is 0 Å². The molecule has 3 aromatic carbocycles. The Morgan fingerprint density at radius 3 is 2.50 bits per heavy atom. The zero-order valence-corrected chi connectivity index (χ0v) is 19.6. The molecule has 184 valence electrons. The first-order valence-electron chi connectivity index (χ1n) is 10.8. The number of thioether (sulfide) groups is 1. The van der Waals surface area contributed by atoms with Gasteiger partial charge in [-0.2, -0.15) is 0 Å². The highest BCUT2D eigenvalue weighted by atomic mass is 32.2. The molecule has 0 saturated carbocycles. The predicted octanol–water partition coefficient (Wildman–Crippen LogP) is 4.99. The summed E-state index contributed by atoms with van der Waals surface area (Å²) in [5, 5.41) is 16.9. The fourth-order valence-electron chi connectivity index (χ4n) is 3.56. The van der Waals surface area contributed by atoms with Crippen LogP contribution in [0.1, 0.15) is 10.4 Å². The second kappa shape index (κ2) is 11.0. The molecule has 0 aliphatic carbocycles. The first kappa shape index (κ1) is 24.9. The van der Waals surface area contributed by atoms with Crippen molar-refractivity contribution in [3.8, 4) is 0 Å². The van der Waals surface area contributed by atoms with Crippen LogP contribution in [-0.2, 0) is 11.3 Å². The molecule has 1 heterocycles. The van der Waals surface area contributed by atoms with E-state index in [2.05, 4.69) is 10.6 Å². The number of carbonyl (C=O) groups is 2. The van der Waals surface area contributed by atoms with Crippen LogP contribution in [0.5, 0.6) is 0 Å². The van der Waals surface area contributed by atoms with Crippen molar-refractivity contribution < 1.29 is 23.3 Å². The van der Waals surface area contributed by atoms with Gasteiger partial charge in [0.1, 0.15) is 11.6 Å². The lowest BCUT2D eigenvalue weighted by atomic mass is 10.2. The quantitative estimate of drug-likeness (QED) is 0.188. The Morgan fingerprint density at radius 2 is 1.78 bits per heavy atom. The molecule has 1 aromatic heterocycles. The molecular formula is C25H20F2N4O4S. The van der Waals surface area contributed by atoms with Crippen LogP contribution >= 0.6 is 11.8 Å². The number of nitro groups is 1. The molecule has 0 saturated heterocycles. The highest BCUT2D eigenvalue weighted by Gasteiger charge is 2.13. The average molecular weight is 511 g/mol. The normalized spacial score (nSPS) is 10.8. The third-order valence-corrected chi connectivity index (χ3v) is 6.34. The molecule has 36 heavy (non-hydrogen) atoms. The predicted molar refractivity (Wildman–Crippen MR) is 133 cm³/mol. The second-order valence-electron chi connectivity index (χ2n) is 7.72. The van der Waals surface area contributed by atoms with E-state index in [1.54, 1.807) is 0 Å². The standard InChI is InChI=1S/C25H20F2N4O4S/c26-17-7-10-21(20(27)13-17)29-24(32)15-36-23-14-30(22-4-2-1-3-19(22)23)12-11-28-25(33)16-5-8-18(9-6-16)31(34)35/h1-10,13-14H,11-12,15H2,(H,28,33)(H,29,32). The largest absolute Gasteiger partial charge is 0.350 e. The molecule has 11 heteroatoms. The van der Waals surface area contributed by atoms with Crippen molar-refractivity contribution in [2.45, 2.75) is 11.4 Å². The number of nitrogens with one attached hydrogen (secondary N) is 2. The van der Waals surface area contributed by atoms with E-state index >= 15 is 0 Å². The van der Waals surface area contributed by atoms with Gasteiger partial charge in [-0.15, -0.1) is 11.8 Å². The first-order valence-corrected chi connectivity index (χ1v) is 11.8. The van der Waals surface area contributed by atoms with Gasteiger partial charge in [-0.1, -0.05) is 18.2 Å². The highest BCUT2D eigenvalue weighted by molar-refractivity contribution is 8.00. The number of hydrogen-bond donors (Lipinski definition) is 2. The lowest BCUT2D eigenvalue weighted by Gasteiger charge is -2.07. The Kier molecular flexibility index (Phi) is 7.59. The summed E-state index contributed by atoms with van der Waals surface area (Å²) < 4.78 is 28.8. The van der Waals surface area contributed by atoms with Crippen LogP contribution in [0.4, 0.5) is 20.2 Å². The Labute approximate surface area is 208 Å². The maximum absolute atomic E-state index is 13.8. The molecule has 2 N–H and O–H groups in total. The van der Waals surface area contributed by atoms with E-state index in [-0.39, 0.29) is 23.0 Å². The van der Waals surface area contributed by atoms with E-state index in [4.69, 9.17) is 0 Å². The van der Waals surface area contributed by atoms with Crippen molar-refractivity contribution in [3.63, 3.8) is 0 Å². The Hall–Kier alpha value is -4.25. The number of para-hydroxylation sites is 1. The maximum Gasteiger partial charge on any atom is 0.269 e. The fourth-order valence-corrected chi connectivity index (χ4v) is 4.45. The number of hydrogen-bond acceptors (Lipinski definition) is 5. The van der Waals surface area contributed by atoms with Crippen molar-refractivity contribution in [3.05, 3.63) is 100 Å². The van der Waals surface area contributed by atoms with Crippen molar-refractivity contribution >= 4 is 45.9 Å². The second-order valence-corrected chi connectivity index (χ2v) is 8.74. The van der Waals surface area contributed by atoms with Gasteiger partial charge in [-0.25, -0.2) is 8.78 Å². The van der Waals surface area contributed by atoms with E-state index in [9.17, 15) is 28.5 Å². The number of nitro benzene ring substituents is 1. The summed E-state index contributed by atoms with van der Waals surface area (Å²) in [6.45, 7) is 0.760. The minimum atomic E-state index is -0.847. The van der Waals surface area contributed by atoms with Crippen LogP contribution < -0.4 is 10.6 Å². The minimum absolute atomic E-state index is 0.0156. The van der Waals surface area contributed by atoms with Crippen LogP contribution in [0, 0.1) is 21.7 Å². The molecule has 8 nitrogen and oxygen atoms in total. The number of halogens is 2. The number of rotatable bonds is 9. The third-order valence-electron chi connectivity index (χ3n) is 5.29. The summed E-state index contributed by atoms with van der Waals surface area (Å²) in [5.41, 5.74) is 1.05. The Balaban J connectivity index is 1.37. The Morgan fingerprint density at radius 1 is 1.03 bits per heavy atom. The van der Waals surface area contributed by atoms with Gasteiger partial charge in [0, 0.05) is 58.8 Å². The van der Waals surface area contributed by atoms with Gasteiger partial charge in [-0.05, 0) is 30.3 Å². The molecule has 0 fully saturated rings. The van der Waals surface area contributed by atoms with Gasteiger partial charge in [-0.3, -0.25) is 19.7 Å². The van der Waals surface area contributed by atoms with E-state index < -0.39 is 22.5 Å². The topological polar surface area (TPSA) is 106 Å². The summed E-state index contributed by atoms with van der Waals surface area (Å²) in [7, 11) is 0. The average Bonchev–Trinajstić information content (AvgIpc) is 3.22. The molecular weight excluding hydrogens is 490 g/mol. The van der Waals surface area contributed by atoms with Crippen LogP contribution in [0.15, 0.2) is 77.8 Å². The van der Waals surface area contributed by atoms with Gasteiger partial charge in [0.25, 0.3) is 11.6 Å². The molecule has 0 aliphatic heterocycles. The fraction of sp³-hybridized carbons (Fsp3) is 0.120. The van der Waals surface area contributed by atoms with Gasteiger partial charge in [0.05, 0.1) is 16.4 Å². The molecule has 2 amide bonds. The lowest BCUT2D eigenvalue weighted by Crippen LogP contribution is -2.27.